The molecule has 2 aromatic rings. The van der Waals surface area contributed by atoms with Crippen LogP contribution in [0.1, 0.15) is 31.4 Å². The van der Waals surface area contributed by atoms with E-state index in [1.165, 1.54) is 0 Å². The zero-order valence-electron chi connectivity index (χ0n) is 11.1. The van der Waals surface area contributed by atoms with Crippen molar-refractivity contribution >= 4 is 5.69 Å². The second kappa shape index (κ2) is 5.63. The lowest BCUT2D eigenvalue weighted by molar-refractivity contribution is 0.340. The van der Waals surface area contributed by atoms with Crippen molar-refractivity contribution in [3.63, 3.8) is 0 Å². The molecule has 1 unspecified atom stereocenters. The molecular formula is C15H19NO2. The molecule has 1 N–H and O–H groups in total. The van der Waals surface area contributed by atoms with Gasteiger partial charge in [0, 0.05) is 11.8 Å². The molecule has 1 atom stereocenters. The van der Waals surface area contributed by atoms with E-state index in [2.05, 4.69) is 12.2 Å². The molecule has 0 radical (unpaired) electrons. The molecule has 0 aliphatic heterocycles. The van der Waals surface area contributed by atoms with E-state index in [1.807, 2.05) is 50.2 Å². The Morgan fingerprint density at radius 2 is 2.11 bits per heavy atom. The first kappa shape index (κ1) is 12.6. The zero-order chi connectivity index (χ0) is 13.0. The van der Waals surface area contributed by atoms with Crippen molar-refractivity contribution in [1.29, 1.82) is 0 Å². The molecule has 1 aromatic heterocycles. The van der Waals surface area contributed by atoms with Gasteiger partial charge in [-0.2, -0.15) is 0 Å². The largest absolute Gasteiger partial charge is 0.494 e. The molecule has 18 heavy (non-hydrogen) atoms. The third-order valence-corrected chi connectivity index (χ3v) is 2.72. The van der Waals surface area contributed by atoms with Gasteiger partial charge < -0.3 is 14.5 Å². The van der Waals surface area contributed by atoms with Crippen molar-refractivity contribution < 1.29 is 9.15 Å². The van der Waals surface area contributed by atoms with E-state index in [0.29, 0.717) is 6.61 Å². The first-order valence-electron chi connectivity index (χ1n) is 6.24. The van der Waals surface area contributed by atoms with Crippen LogP contribution in [0.2, 0.25) is 0 Å². The van der Waals surface area contributed by atoms with Crippen molar-refractivity contribution in [2.24, 2.45) is 0 Å². The van der Waals surface area contributed by atoms with E-state index < -0.39 is 0 Å². The lowest BCUT2D eigenvalue weighted by atomic mass is 10.2. The Morgan fingerprint density at radius 3 is 2.78 bits per heavy atom. The molecular weight excluding hydrogens is 226 g/mol. The predicted octanol–water partition coefficient (Wildman–Crippen LogP) is 4.16. The molecule has 1 aromatic carbocycles. The summed E-state index contributed by atoms with van der Waals surface area (Å²) >= 11 is 0. The minimum atomic E-state index is 0.135. The van der Waals surface area contributed by atoms with E-state index >= 15 is 0 Å². The number of hydrogen-bond acceptors (Lipinski definition) is 3. The number of ether oxygens (including phenoxy) is 1. The van der Waals surface area contributed by atoms with Crippen molar-refractivity contribution in [3.05, 3.63) is 47.9 Å². The Morgan fingerprint density at radius 1 is 1.28 bits per heavy atom. The van der Waals surface area contributed by atoms with Gasteiger partial charge in [0.25, 0.3) is 0 Å². The number of aryl methyl sites for hydroxylation is 1. The Bertz CT molecular complexity index is 505. The molecule has 96 valence electrons. The maximum atomic E-state index is 5.60. The number of anilines is 1. The fraction of sp³-hybridized carbons (Fsp3) is 0.333. The van der Waals surface area contributed by atoms with Crippen molar-refractivity contribution in [1.82, 2.24) is 0 Å². The average Bonchev–Trinajstić information content (AvgIpc) is 2.77. The lowest BCUT2D eigenvalue weighted by Crippen LogP contribution is -2.05. The number of rotatable bonds is 5. The molecule has 0 amide bonds. The molecule has 0 aliphatic carbocycles. The summed E-state index contributed by atoms with van der Waals surface area (Å²) in [7, 11) is 0. The number of furan rings is 1. The quantitative estimate of drug-likeness (QED) is 0.858. The van der Waals surface area contributed by atoms with E-state index in [1.54, 1.807) is 0 Å². The Labute approximate surface area is 108 Å². The van der Waals surface area contributed by atoms with E-state index in [4.69, 9.17) is 9.15 Å². The summed E-state index contributed by atoms with van der Waals surface area (Å²) in [5.74, 6) is 2.75. The van der Waals surface area contributed by atoms with Crippen molar-refractivity contribution in [2.45, 2.75) is 26.8 Å². The standard InChI is InChI=1S/C15H19NO2/c1-4-17-14-7-5-6-13(10-14)16-12(3)15-9-8-11(2)18-15/h5-10,12,16H,4H2,1-3H3. The van der Waals surface area contributed by atoms with E-state index in [0.717, 1.165) is 23.0 Å². The van der Waals surface area contributed by atoms with Crippen molar-refractivity contribution in [2.75, 3.05) is 11.9 Å². The van der Waals surface area contributed by atoms with Crippen LogP contribution in [-0.2, 0) is 0 Å². The van der Waals surface area contributed by atoms with Gasteiger partial charge in [0.2, 0.25) is 0 Å². The highest BCUT2D eigenvalue weighted by Crippen LogP contribution is 2.23. The van der Waals surface area contributed by atoms with Crippen LogP contribution in [0.4, 0.5) is 5.69 Å². The summed E-state index contributed by atoms with van der Waals surface area (Å²) in [5.41, 5.74) is 1.03. The predicted molar refractivity (Wildman–Crippen MR) is 73.1 cm³/mol. The van der Waals surface area contributed by atoms with Gasteiger partial charge in [0.1, 0.15) is 17.3 Å². The van der Waals surface area contributed by atoms with Gasteiger partial charge in [-0.05, 0) is 45.0 Å². The van der Waals surface area contributed by atoms with Gasteiger partial charge in [0.05, 0.1) is 12.6 Å². The summed E-state index contributed by atoms with van der Waals surface area (Å²) in [6.45, 7) is 6.68. The van der Waals surface area contributed by atoms with Crippen LogP contribution in [0.5, 0.6) is 5.75 Å². The van der Waals surface area contributed by atoms with Crippen LogP contribution in [0.3, 0.4) is 0 Å². The van der Waals surface area contributed by atoms with Gasteiger partial charge >= 0.3 is 0 Å². The van der Waals surface area contributed by atoms with Gasteiger partial charge in [0.15, 0.2) is 0 Å². The molecule has 0 fully saturated rings. The molecule has 0 saturated heterocycles. The van der Waals surface area contributed by atoms with Crippen LogP contribution in [0, 0.1) is 6.92 Å². The van der Waals surface area contributed by atoms with Crippen LogP contribution in [0.15, 0.2) is 40.8 Å². The average molecular weight is 245 g/mol. The van der Waals surface area contributed by atoms with Gasteiger partial charge in [-0.25, -0.2) is 0 Å². The van der Waals surface area contributed by atoms with Gasteiger partial charge in [-0.15, -0.1) is 0 Å². The summed E-state index contributed by atoms with van der Waals surface area (Å²) in [6, 6.07) is 12.1. The maximum Gasteiger partial charge on any atom is 0.126 e. The first-order valence-corrected chi connectivity index (χ1v) is 6.24. The first-order chi connectivity index (χ1) is 8.69. The smallest absolute Gasteiger partial charge is 0.126 e. The Hall–Kier alpha value is -1.90. The highest BCUT2D eigenvalue weighted by molar-refractivity contribution is 5.49. The highest BCUT2D eigenvalue weighted by Gasteiger charge is 2.09. The highest BCUT2D eigenvalue weighted by atomic mass is 16.5. The van der Waals surface area contributed by atoms with Crippen molar-refractivity contribution in [3.8, 4) is 5.75 Å². The number of hydrogen-bond donors (Lipinski definition) is 1. The SMILES string of the molecule is CCOc1cccc(NC(C)c2ccc(C)o2)c1. The normalized spacial score (nSPS) is 12.2. The number of nitrogens with one attached hydrogen (secondary N) is 1. The van der Waals surface area contributed by atoms with E-state index in [-0.39, 0.29) is 6.04 Å². The minimum absolute atomic E-state index is 0.135. The summed E-state index contributed by atoms with van der Waals surface area (Å²) in [5, 5.41) is 3.40. The fourth-order valence-electron chi connectivity index (χ4n) is 1.85. The lowest BCUT2D eigenvalue weighted by Gasteiger charge is -2.14. The van der Waals surface area contributed by atoms with Crippen LogP contribution < -0.4 is 10.1 Å². The van der Waals surface area contributed by atoms with Crippen LogP contribution in [-0.4, -0.2) is 6.61 Å². The molecule has 3 nitrogen and oxygen atoms in total. The number of benzene rings is 1. The second-order valence-corrected chi connectivity index (χ2v) is 4.28. The third-order valence-electron chi connectivity index (χ3n) is 2.72. The van der Waals surface area contributed by atoms with E-state index in [9.17, 15) is 0 Å². The minimum Gasteiger partial charge on any atom is -0.494 e. The zero-order valence-corrected chi connectivity index (χ0v) is 11.1. The summed E-state index contributed by atoms with van der Waals surface area (Å²) < 4.78 is 11.1. The van der Waals surface area contributed by atoms with Gasteiger partial charge in [-0.3, -0.25) is 0 Å². The summed E-state index contributed by atoms with van der Waals surface area (Å²) in [4.78, 5) is 0. The topological polar surface area (TPSA) is 34.4 Å². The monoisotopic (exact) mass is 245 g/mol. The second-order valence-electron chi connectivity index (χ2n) is 4.28. The maximum absolute atomic E-state index is 5.60. The molecule has 0 spiro atoms. The molecule has 0 aliphatic rings. The Balaban J connectivity index is 2.06. The molecule has 3 heteroatoms. The molecule has 0 bridgehead atoms. The Kier molecular flexibility index (Phi) is 3.92. The summed E-state index contributed by atoms with van der Waals surface area (Å²) in [6.07, 6.45) is 0. The molecule has 2 rings (SSSR count). The fourth-order valence-corrected chi connectivity index (χ4v) is 1.85. The molecule has 0 saturated carbocycles. The van der Waals surface area contributed by atoms with Gasteiger partial charge in [-0.1, -0.05) is 6.07 Å². The third kappa shape index (κ3) is 3.06. The van der Waals surface area contributed by atoms with Crippen LogP contribution >= 0.6 is 0 Å². The van der Waals surface area contributed by atoms with Crippen LogP contribution in [0.25, 0.3) is 0 Å². The molecule has 1 heterocycles.